The molecule has 0 saturated heterocycles. The van der Waals surface area contributed by atoms with Gasteiger partial charge in [0.25, 0.3) is 0 Å². The van der Waals surface area contributed by atoms with Crippen LogP contribution in [-0.4, -0.2) is 5.78 Å². The number of allylic oxidation sites excluding steroid dienone is 3. The summed E-state index contributed by atoms with van der Waals surface area (Å²) in [5.74, 6) is 1.01. The van der Waals surface area contributed by atoms with Crippen LogP contribution in [0.2, 0.25) is 0 Å². The summed E-state index contributed by atoms with van der Waals surface area (Å²) in [4.78, 5) is 11.2. The first kappa shape index (κ1) is 11.2. The highest BCUT2D eigenvalue weighted by molar-refractivity contribution is 5.91. The van der Waals surface area contributed by atoms with Crippen molar-refractivity contribution in [3.63, 3.8) is 0 Å². The molecule has 0 bridgehead atoms. The van der Waals surface area contributed by atoms with Crippen molar-refractivity contribution in [3.8, 4) is 0 Å². The molecule has 0 aliphatic heterocycles. The molecule has 1 nitrogen and oxygen atoms in total. The molecule has 0 aromatic carbocycles. The second-order valence-corrected chi connectivity index (χ2v) is 4.30. The standard InChI is InChI=1S/C13H20O/c1-3-4-6-11(2)9-12-7-5-8-13(14)10-12/h3,10-11H,1,4-9H2,2H3. The van der Waals surface area contributed by atoms with Crippen molar-refractivity contribution in [2.75, 3.05) is 0 Å². The van der Waals surface area contributed by atoms with Gasteiger partial charge in [-0.05, 0) is 44.1 Å². The van der Waals surface area contributed by atoms with Gasteiger partial charge in [-0.3, -0.25) is 4.79 Å². The molecule has 0 saturated carbocycles. The van der Waals surface area contributed by atoms with Crippen molar-refractivity contribution in [3.05, 3.63) is 24.3 Å². The predicted molar refractivity (Wildman–Crippen MR) is 60.2 cm³/mol. The van der Waals surface area contributed by atoms with E-state index in [0.717, 1.165) is 32.1 Å². The largest absolute Gasteiger partial charge is 0.295 e. The van der Waals surface area contributed by atoms with E-state index in [-0.39, 0.29) is 0 Å². The molecule has 1 unspecified atom stereocenters. The molecule has 0 aromatic rings. The molecule has 1 heteroatoms. The van der Waals surface area contributed by atoms with E-state index in [1.165, 1.54) is 12.0 Å². The van der Waals surface area contributed by atoms with Crippen molar-refractivity contribution < 1.29 is 4.79 Å². The minimum absolute atomic E-state index is 0.321. The second-order valence-electron chi connectivity index (χ2n) is 4.30. The summed E-state index contributed by atoms with van der Waals surface area (Å²) in [6, 6.07) is 0. The van der Waals surface area contributed by atoms with E-state index in [1.54, 1.807) is 0 Å². The normalized spacial score (nSPS) is 18.9. The molecule has 1 rings (SSSR count). The quantitative estimate of drug-likeness (QED) is 0.607. The third kappa shape index (κ3) is 3.91. The van der Waals surface area contributed by atoms with Crippen molar-refractivity contribution in [2.24, 2.45) is 5.92 Å². The first-order valence-corrected chi connectivity index (χ1v) is 5.55. The van der Waals surface area contributed by atoms with Crippen LogP contribution in [0.4, 0.5) is 0 Å². The lowest BCUT2D eigenvalue weighted by Gasteiger charge is -2.16. The van der Waals surface area contributed by atoms with Crippen LogP contribution in [0.3, 0.4) is 0 Å². The van der Waals surface area contributed by atoms with Crippen molar-refractivity contribution in [2.45, 2.75) is 45.4 Å². The number of hydrogen-bond acceptors (Lipinski definition) is 1. The molecule has 14 heavy (non-hydrogen) atoms. The Labute approximate surface area is 86.9 Å². The predicted octanol–water partition coefficient (Wildman–Crippen LogP) is 3.66. The summed E-state index contributed by atoms with van der Waals surface area (Å²) in [5, 5.41) is 0. The molecule has 78 valence electrons. The third-order valence-corrected chi connectivity index (χ3v) is 2.76. The van der Waals surface area contributed by atoms with Gasteiger partial charge in [-0.1, -0.05) is 18.6 Å². The molecule has 0 spiro atoms. The smallest absolute Gasteiger partial charge is 0.155 e. The van der Waals surface area contributed by atoms with Crippen LogP contribution in [0.25, 0.3) is 0 Å². The third-order valence-electron chi connectivity index (χ3n) is 2.76. The number of hydrogen-bond donors (Lipinski definition) is 0. The lowest BCUT2D eigenvalue weighted by Crippen LogP contribution is -2.05. The zero-order valence-corrected chi connectivity index (χ0v) is 9.09. The maximum Gasteiger partial charge on any atom is 0.155 e. The van der Waals surface area contributed by atoms with Crippen LogP contribution < -0.4 is 0 Å². The summed E-state index contributed by atoms with van der Waals surface area (Å²) in [6.07, 6.45) is 10.1. The molecule has 0 radical (unpaired) electrons. The summed E-state index contributed by atoms with van der Waals surface area (Å²) < 4.78 is 0. The highest BCUT2D eigenvalue weighted by Gasteiger charge is 2.12. The number of ketones is 1. The fourth-order valence-electron chi connectivity index (χ4n) is 1.97. The molecule has 0 heterocycles. The van der Waals surface area contributed by atoms with Crippen LogP contribution in [0.1, 0.15) is 45.4 Å². The van der Waals surface area contributed by atoms with Gasteiger partial charge in [-0.25, -0.2) is 0 Å². The highest BCUT2D eigenvalue weighted by atomic mass is 16.1. The number of carbonyl (C=O) groups excluding carboxylic acids is 1. The van der Waals surface area contributed by atoms with Crippen molar-refractivity contribution in [1.29, 1.82) is 0 Å². The molecule has 0 N–H and O–H groups in total. The van der Waals surface area contributed by atoms with E-state index < -0.39 is 0 Å². The van der Waals surface area contributed by atoms with Gasteiger partial charge in [0.15, 0.2) is 5.78 Å². The fourth-order valence-corrected chi connectivity index (χ4v) is 1.97. The average molecular weight is 192 g/mol. The van der Waals surface area contributed by atoms with Crippen LogP contribution in [0.15, 0.2) is 24.3 Å². The van der Waals surface area contributed by atoms with Gasteiger partial charge >= 0.3 is 0 Å². The summed E-state index contributed by atoms with van der Waals surface area (Å²) in [6.45, 7) is 5.98. The van der Waals surface area contributed by atoms with Gasteiger partial charge < -0.3 is 0 Å². The molecule has 0 aromatic heterocycles. The fraction of sp³-hybridized carbons (Fsp3) is 0.615. The van der Waals surface area contributed by atoms with E-state index in [1.807, 2.05) is 12.2 Å². The summed E-state index contributed by atoms with van der Waals surface area (Å²) in [7, 11) is 0. The SMILES string of the molecule is C=CCCC(C)CC1=CC(=O)CCC1. The van der Waals surface area contributed by atoms with E-state index in [4.69, 9.17) is 0 Å². The van der Waals surface area contributed by atoms with Crippen LogP contribution in [-0.2, 0) is 4.79 Å². The Morgan fingerprint density at radius 2 is 2.36 bits per heavy atom. The van der Waals surface area contributed by atoms with E-state index in [9.17, 15) is 4.79 Å². The molecular weight excluding hydrogens is 172 g/mol. The lowest BCUT2D eigenvalue weighted by molar-refractivity contribution is -0.115. The van der Waals surface area contributed by atoms with Gasteiger partial charge in [0.05, 0.1) is 0 Å². The lowest BCUT2D eigenvalue weighted by atomic mass is 9.89. The molecule has 0 fully saturated rings. The molecular formula is C13H20O. The Morgan fingerprint density at radius 1 is 1.57 bits per heavy atom. The summed E-state index contributed by atoms with van der Waals surface area (Å²) in [5.41, 5.74) is 1.36. The first-order chi connectivity index (χ1) is 6.72. The maximum absolute atomic E-state index is 11.2. The van der Waals surface area contributed by atoms with Gasteiger partial charge in [0, 0.05) is 6.42 Å². The highest BCUT2D eigenvalue weighted by Crippen LogP contribution is 2.24. The van der Waals surface area contributed by atoms with E-state index in [0.29, 0.717) is 11.7 Å². The summed E-state index contributed by atoms with van der Waals surface area (Å²) >= 11 is 0. The van der Waals surface area contributed by atoms with Crippen LogP contribution in [0, 0.1) is 5.92 Å². The van der Waals surface area contributed by atoms with Gasteiger partial charge in [0.2, 0.25) is 0 Å². The maximum atomic E-state index is 11.2. The molecule has 1 aliphatic rings. The van der Waals surface area contributed by atoms with Gasteiger partial charge in [0.1, 0.15) is 0 Å². The number of rotatable bonds is 5. The Balaban J connectivity index is 2.35. The topological polar surface area (TPSA) is 17.1 Å². The minimum Gasteiger partial charge on any atom is -0.295 e. The average Bonchev–Trinajstić information content (AvgIpc) is 2.15. The van der Waals surface area contributed by atoms with Crippen molar-refractivity contribution >= 4 is 5.78 Å². The Hall–Kier alpha value is -0.850. The molecule has 0 amide bonds. The minimum atomic E-state index is 0.321. The Morgan fingerprint density at radius 3 is 3.00 bits per heavy atom. The zero-order valence-electron chi connectivity index (χ0n) is 9.09. The van der Waals surface area contributed by atoms with Crippen molar-refractivity contribution in [1.82, 2.24) is 0 Å². The molecule has 1 atom stereocenters. The van der Waals surface area contributed by atoms with Gasteiger partial charge in [-0.15, -0.1) is 6.58 Å². The van der Waals surface area contributed by atoms with Crippen LogP contribution in [0.5, 0.6) is 0 Å². The Kier molecular flexibility index (Phi) is 4.64. The van der Waals surface area contributed by atoms with Gasteiger partial charge in [-0.2, -0.15) is 0 Å². The van der Waals surface area contributed by atoms with E-state index >= 15 is 0 Å². The Bertz CT molecular complexity index is 238. The second kappa shape index (κ2) is 5.79. The van der Waals surface area contributed by atoms with E-state index in [2.05, 4.69) is 13.5 Å². The first-order valence-electron chi connectivity index (χ1n) is 5.55. The zero-order chi connectivity index (χ0) is 10.4. The number of carbonyl (C=O) groups is 1. The monoisotopic (exact) mass is 192 g/mol. The van der Waals surface area contributed by atoms with Crippen LogP contribution >= 0.6 is 0 Å². The molecule has 1 aliphatic carbocycles.